The first-order valence-electron chi connectivity index (χ1n) is 7.02. The first kappa shape index (κ1) is 16.6. The van der Waals surface area contributed by atoms with Crippen molar-refractivity contribution >= 4 is 24.0 Å². The number of hydrogen-bond acceptors (Lipinski definition) is 4. The van der Waals surface area contributed by atoms with E-state index in [4.69, 9.17) is 11.6 Å². The summed E-state index contributed by atoms with van der Waals surface area (Å²) in [5.41, 5.74) is 5.33. The molecule has 0 bridgehead atoms. The molecule has 0 radical (unpaired) electrons. The maximum atomic E-state index is 5.81. The molecule has 1 heterocycles. The van der Waals surface area contributed by atoms with E-state index in [0.717, 1.165) is 11.3 Å². The Labute approximate surface area is 140 Å². The SMILES string of the molecule is C=N/C(=C\C=C(/C)Cl)N/N=C(\c1ccccc1)c1ccccn1. The molecule has 0 fully saturated rings. The van der Waals surface area contributed by atoms with Crippen LogP contribution in [0.15, 0.2) is 87.8 Å². The van der Waals surface area contributed by atoms with Crippen molar-refractivity contribution in [2.75, 3.05) is 0 Å². The van der Waals surface area contributed by atoms with Gasteiger partial charge < -0.3 is 0 Å². The molecule has 2 aromatic rings. The second kappa shape index (κ2) is 8.66. The van der Waals surface area contributed by atoms with Crippen LogP contribution in [-0.4, -0.2) is 17.4 Å². The number of aromatic nitrogens is 1. The van der Waals surface area contributed by atoms with E-state index in [9.17, 15) is 0 Å². The van der Waals surface area contributed by atoms with Gasteiger partial charge in [0.2, 0.25) is 0 Å². The fraction of sp³-hybridized carbons (Fsp3) is 0.0556. The summed E-state index contributed by atoms with van der Waals surface area (Å²) in [6.07, 6.45) is 5.16. The Balaban J connectivity index is 2.36. The molecule has 116 valence electrons. The zero-order chi connectivity index (χ0) is 16.5. The van der Waals surface area contributed by atoms with Crippen molar-refractivity contribution < 1.29 is 0 Å². The van der Waals surface area contributed by atoms with E-state index in [1.54, 1.807) is 25.3 Å². The van der Waals surface area contributed by atoms with E-state index in [2.05, 4.69) is 27.2 Å². The summed E-state index contributed by atoms with van der Waals surface area (Å²) >= 11 is 5.81. The van der Waals surface area contributed by atoms with Gasteiger partial charge in [-0.3, -0.25) is 10.4 Å². The van der Waals surface area contributed by atoms with Gasteiger partial charge in [-0.25, -0.2) is 4.99 Å². The van der Waals surface area contributed by atoms with Crippen molar-refractivity contribution in [3.05, 3.63) is 89.0 Å². The molecule has 0 aliphatic rings. The summed E-state index contributed by atoms with van der Waals surface area (Å²) in [5.74, 6) is 0.495. The van der Waals surface area contributed by atoms with E-state index in [0.29, 0.717) is 16.6 Å². The third-order valence-corrected chi connectivity index (χ3v) is 3.00. The van der Waals surface area contributed by atoms with Crippen LogP contribution in [-0.2, 0) is 0 Å². The molecular formula is C18H17ClN4. The minimum atomic E-state index is 0.495. The molecule has 0 aliphatic heterocycles. The molecule has 1 aromatic heterocycles. The van der Waals surface area contributed by atoms with Crippen molar-refractivity contribution in [3.63, 3.8) is 0 Å². The van der Waals surface area contributed by atoms with Crippen LogP contribution in [0.1, 0.15) is 18.2 Å². The van der Waals surface area contributed by atoms with Crippen molar-refractivity contribution in [1.29, 1.82) is 0 Å². The first-order chi connectivity index (χ1) is 11.2. The number of halogens is 1. The molecule has 0 saturated heterocycles. The van der Waals surface area contributed by atoms with Gasteiger partial charge in [0.05, 0.1) is 5.69 Å². The summed E-state index contributed by atoms with van der Waals surface area (Å²) in [7, 11) is 0. The van der Waals surface area contributed by atoms with Gasteiger partial charge in [-0.05, 0) is 37.9 Å². The predicted molar refractivity (Wildman–Crippen MR) is 96.7 cm³/mol. The molecule has 0 unspecified atom stereocenters. The highest BCUT2D eigenvalue weighted by atomic mass is 35.5. The van der Waals surface area contributed by atoms with E-state index < -0.39 is 0 Å². The molecular weight excluding hydrogens is 308 g/mol. The average Bonchev–Trinajstić information content (AvgIpc) is 2.59. The van der Waals surface area contributed by atoms with Crippen LogP contribution >= 0.6 is 11.6 Å². The van der Waals surface area contributed by atoms with Crippen molar-refractivity contribution in [3.8, 4) is 0 Å². The molecule has 2 rings (SSSR count). The fourth-order valence-corrected chi connectivity index (χ4v) is 1.86. The van der Waals surface area contributed by atoms with Crippen molar-refractivity contribution in [1.82, 2.24) is 10.4 Å². The van der Waals surface area contributed by atoms with Crippen molar-refractivity contribution in [2.45, 2.75) is 6.92 Å². The Morgan fingerprint density at radius 3 is 2.48 bits per heavy atom. The molecule has 0 saturated carbocycles. The highest BCUT2D eigenvalue weighted by molar-refractivity contribution is 6.29. The molecule has 0 aliphatic carbocycles. The molecule has 1 aromatic carbocycles. The lowest BCUT2D eigenvalue weighted by Crippen LogP contribution is -2.12. The Bertz CT molecular complexity index is 689. The van der Waals surface area contributed by atoms with Gasteiger partial charge in [0.25, 0.3) is 0 Å². The average molecular weight is 325 g/mol. The minimum Gasteiger partial charge on any atom is -0.261 e. The van der Waals surface area contributed by atoms with Gasteiger partial charge in [-0.15, -0.1) is 0 Å². The fourth-order valence-electron chi connectivity index (χ4n) is 1.80. The quantitative estimate of drug-likeness (QED) is 0.494. The summed E-state index contributed by atoms with van der Waals surface area (Å²) < 4.78 is 0. The lowest BCUT2D eigenvalue weighted by atomic mass is 10.1. The highest BCUT2D eigenvalue weighted by Gasteiger charge is 2.07. The highest BCUT2D eigenvalue weighted by Crippen LogP contribution is 2.09. The summed E-state index contributed by atoms with van der Waals surface area (Å²) in [6, 6.07) is 15.5. The molecule has 0 amide bonds. The van der Waals surface area contributed by atoms with E-state index in [1.165, 1.54) is 0 Å². The minimum absolute atomic E-state index is 0.495. The van der Waals surface area contributed by atoms with Crippen LogP contribution in [0.3, 0.4) is 0 Å². The van der Waals surface area contributed by atoms with Crippen LogP contribution in [0.2, 0.25) is 0 Å². The van der Waals surface area contributed by atoms with Gasteiger partial charge >= 0.3 is 0 Å². The maximum Gasteiger partial charge on any atom is 0.145 e. The van der Waals surface area contributed by atoms with Gasteiger partial charge in [-0.2, -0.15) is 5.10 Å². The van der Waals surface area contributed by atoms with Gasteiger partial charge in [0.1, 0.15) is 11.5 Å². The standard InChI is InChI=1S/C18H17ClN4/c1-14(19)11-12-17(20-2)22-23-18(15-8-4-3-5-9-15)16-10-6-7-13-21-16/h3-13,22H,2H2,1H3/b14-11+,17-12+,23-18+. The maximum absolute atomic E-state index is 5.81. The van der Waals surface area contributed by atoms with Crippen LogP contribution in [0.25, 0.3) is 0 Å². The number of benzene rings is 1. The number of pyridine rings is 1. The molecule has 0 spiro atoms. The van der Waals surface area contributed by atoms with Crippen LogP contribution < -0.4 is 5.43 Å². The normalized spacial score (nSPS) is 12.9. The zero-order valence-electron chi connectivity index (χ0n) is 12.8. The van der Waals surface area contributed by atoms with Crippen molar-refractivity contribution in [2.24, 2.45) is 10.1 Å². The third kappa shape index (κ3) is 5.20. The summed E-state index contributed by atoms with van der Waals surface area (Å²) in [6.45, 7) is 5.31. The molecule has 5 heteroatoms. The Morgan fingerprint density at radius 2 is 1.87 bits per heavy atom. The Morgan fingerprint density at radius 1 is 1.13 bits per heavy atom. The summed E-state index contributed by atoms with van der Waals surface area (Å²) in [4.78, 5) is 8.25. The van der Waals surface area contributed by atoms with Crippen LogP contribution in [0.5, 0.6) is 0 Å². The number of allylic oxidation sites excluding steroid dienone is 3. The Hall–Kier alpha value is -2.72. The number of aliphatic imine (C=N–C) groups is 1. The second-order valence-electron chi connectivity index (χ2n) is 4.62. The van der Waals surface area contributed by atoms with E-state index >= 15 is 0 Å². The summed E-state index contributed by atoms with van der Waals surface area (Å²) in [5, 5.41) is 5.09. The number of hydrogen-bond donors (Lipinski definition) is 1. The largest absolute Gasteiger partial charge is 0.261 e. The number of nitrogens with zero attached hydrogens (tertiary/aromatic N) is 3. The second-order valence-corrected chi connectivity index (χ2v) is 5.21. The number of hydrazone groups is 1. The zero-order valence-corrected chi connectivity index (χ0v) is 13.5. The third-order valence-electron chi connectivity index (χ3n) is 2.88. The monoisotopic (exact) mass is 324 g/mol. The van der Waals surface area contributed by atoms with E-state index in [-0.39, 0.29) is 0 Å². The molecule has 0 atom stereocenters. The Kier molecular flexibility index (Phi) is 6.27. The number of nitrogens with one attached hydrogen (secondary N) is 1. The smallest absolute Gasteiger partial charge is 0.145 e. The van der Waals surface area contributed by atoms with E-state index in [1.807, 2.05) is 48.5 Å². The number of rotatable bonds is 6. The van der Waals surface area contributed by atoms with Crippen LogP contribution in [0.4, 0.5) is 0 Å². The van der Waals surface area contributed by atoms with Gasteiger partial charge in [0.15, 0.2) is 0 Å². The molecule has 1 N–H and O–H groups in total. The lowest BCUT2D eigenvalue weighted by molar-refractivity contribution is 0.873. The lowest BCUT2D eigenvalue weighted by Gasteiger charge is -2.07. The molecule has 23 heavy (non-hydrogen) atoms. The van der Waals surface area contributed by atoms with Gasteiger partial charge in [-0.1, -0.05) is 48.0 Å². The topological polar surface area (TPSA) is 49.6 Å². The molecule has 4 nitrogen and oxygen atoms in total. The van der Waals surface area contributed by atoms with Gasteiger partial charge in [0, 0.05) is 16.8 Å². The predicted octanol–water partition coefficient (Wildman–Crippen LogP) is 4.11. The first-order valence-corrected chi connectivity index (χ1v) is 7.40. The van der Waals surface area contributed by atoms with Crippen LogP contribution in [0, 0.1) is 0 Å².